The number of amides is 1. The molecule has 2 fully saturated rings. The van der Waals surface area contributed by atoms with Crippen LogP contribution in [0.4, 0.5) is 5.69 Å². The molecule has 2 atom stereocenters. The summed E-state index contributed by atoms with van der Waals surface area (Å²) in [6.45, 7) is 4.70. The predicted octanol–water partition coefficient (Wildman–Crippen LogP) is 3.50. The molecule has 0 bridgehead atoms. The van der Waals surface area contributed by atoms with Crippen molar-refractivity contribution < 1.29 is 4.79 Å². The molecule has 2 heterocycles. The van der Waals surface area contributed by atoms with Crippen molar-refractivity contribution in [3.63, 3.8) is 0 Å². The smallest absolute Gasteiger partial charge is 0.247 e. The number of rotatable bonds is 3. The Bertz CT molecular complexity index is 494. The first kappa shape index (κ1) is 13.4. The summed E-state index contributed by atoms with van der Waals surface area (Å²) < 4.78 is 0. The second-order valence-corrected chi connectivity index (χ2v) is 5.80. The van der Waals surface area contributed by atoms with E-state index < -0.39 is 0 Å². The second-order valence-electron chi connectivity index (χ2n) is 5.80. The van der Waals surface area contributed by atoms with Crippen molar-refractivity contribution in [1.29, 1.82) is 0 Å². The lowest BCUT2D eigenvalue weighted by Crippen LogP contribution is -2.35. The lowest BCUT2D eigenvalue weighted by Gasteiger charge is -2.34. The van der Waals surface area contributed by atoms with E-state index in [-0.39, 0.29) is 5.91 Å². The molecule has 2 saturated heterocycles. The van der Waals surface area contributed by atoms with Crippen LogP contribution < -0.4 is 5.32 Å². The van der Waals surface area contributed by atoms with Crippen molar-refractivity contribution in [1.82, 2.24) is 4.90 Å². The minimum absolute atomic E-state index is 0.158. The highest BCUT2D eigenvalue weighted by molar-refractivity contribution is 5.98. The molecule has 1 unspecified atom stereocenters. The number of nitrogens with zero attached hydrogens (tertiary/aromatic N) is 1. The fraction of sp³-hybridized carbons (Fsp3) is 0.471. The molecular weight excluding hydrogens is 248 g/mol. The van der Waals surface area contributed by atoms with Crippen molar-refractivity contribution in [2.24, 2.45) is 0 Å². The second kappa shape index (κ2) is 5.80. The Morgan fingerprint density at radius 3 is 2.75 bits per heavy atom. The number of hydrogen-bond donors (Lipinski definition) is 1. The molecule has 3 nitrogen and oxygen atoms in total. The molecule has 20 heavy (non-hydrogen) atoms. The van der Waals surface area contributed by atoms with Gasteiger partial charge in [-0.25, -0.2) is 0 Å². The molecule has 0 radical (unpaired) electrons. The maximum Gasteiger partial charge on any atom is 0.247 e. The van der Waals surface area contributed by atoms with E-state index in [1.807, 2.05) is 12.1 Å². The number of fused-ring (bicyclic) bond motifs is 1. The Labute approximate surface area is 120 Å². The van der Waals surface area contributed by atoms with E-state index in [4.69, 9.17) is 0 Å². The highest BCUT2D eigenvalue weighted by atomic mass is 16.1. The summed E-state index contributed by atoms with van der Waals surface area (Å²) in [4.78, 5) is 14.0. The third-order valence-electron chi connectivity index (χ3n) is 4.59. The SMILES string of the molecule is C=CC(=O)Nc1ccc(C2CC[C@H]3CCCCN23)cc1. The molecule has 0 spiro atoms. The Morgan fingerprint density at radius 1 is 1.20 bits per heavy atom. The molecule has 0 saturated carbocycles. The van der Waals surface area contributed by atoms with E-state index in [9.17, 15) is 4.79 Å². The van der Waals surface area contributed by atoms with E-state index in [0.29, 0.717) is 6.04 Å². The first-order valence-corrected chi connectivity index (χ1v) is 7.57. The van der Waals surface area contributed by atoms with E-state index in [0.717, 1.165) is 11.7 Å². The van der Waals surface area contributed by atoms with E-state index in [1.54, 1.807) is 0 Å². The summed E-state index contributed by atoms with van der Waals surface area (Å²) >= 11 is 0. The molecular formula is C17H22N2O. The van der Waals surface area contributed by atoms with Gasteiger partial charge in [0.25, 0.3) is 0 Å². The van der Waals surface area contributed by atoms with Gasteiger partial charge in [0.1, 0.15) is 0 Å². The number of nitrogens with one attached hydrogen (secondary N) is 1. The predicted molar refractivity (Wildman–Crippen MR) is 81.6 cm³/mol. The van der Waals surface area contributed by atoms with Crippen LogP contribution in [-0.4, -0.2) is 23.4 Å². The van der Waals surface area contributed by atoms with Gasteiger partial charge in [0.05, 0.1) is 0 Å². The molecule has 1 amide bonds. The topological polar surface area (TPSA) is 32.3 Å². The average molecular weight is 270 g/mol. The minimum Gasteiger partial charge on any atom is -0.323 e. The Morgan fingerprint density at radius 2 is 2.00 bits per heavy atom. The fourth-order valence-corrected chi connectivity index (χ4v) is 3.60. The highest BCUT2D eigenvalue weighted by Gasteiger charge is 2.35. The Balaban J connectivity index is 1.71. The van der Waals surface area contributed by atoms with Crippen molar-refractivity contribution in [3.05, 3.63) is 42.5 Å². The third-order valence-corrected chi connectivity index (χ3v) is 4.59. The minimum atomic E-state index is -0.158. The molecule has 1 N–H and O–H groups in total. The lowest BCUT2D eigenvalue weighted by atomic mass is 10.0. The van der Waals surface area contributed by atoms with Gasteiger partial charge in [0.15, 0.2) is 0 Å². The van der Waals surface area contributed by atoms with Gasteiger partial charge in [-0.15, -0.1) is 0 Å². The van der Waals surface area contributed by atoms with Crippen molar-refractivity contribution in [3.8, 4) is 0 Å². The Kier molecular flexibility index (Phi) is 3.88. The standard InChI is InChI=1S/C17H22N2O/c1-2-17(20)18-14-8-6-13(7-9-14)16-11-10-15-5-3-4-12-19(15)16/h2,6-9,15-16H,1,3-5,10-12H2,(H,18,20)/t15-,16?/m1/s1. The first-order chi connectivity index (χ1) is 9.78. The molecule has 3 heteroatoms. The van der Waals surface area contributed by atoms with Crippen LogP contribution in [0.1, 0.15) is 43.7 Å². The van der Waals surface area contributed by atoms with E-state index in [1.165, 1.54) is 50.3 Å². The van der Waals surface area contributed by atoms with E-state index in [2.05, 4.69) is 28.9 Å². The summed E-state index contributed by atoms with van der Waals surface area (Å²) in [5, 5.41) is 2.80. The molecule has 2 aliphatic rings. The Hall–Kier alpha value is -1.61. The quantitative estimate of drug-likeness (QED) is 0.853. The molecule has 3 rings (SSSR count). The average Bonchev–Trinajstić information content (AvgIpc) is 2.92. The van der Waals surface area contributed by atoms with Crippen LogP contribution >= 0.6 is 0 Å². The van der Waals surface area contributed by atoms with Crippen LogP contribution in [0.5, 0.6) is 0 Å². The summed E-state index contributed by atoms with van der Waals surface area (Å²) in [5.41, 5.74) is 2.22. The maximum absolute atomic E-state index is 11.3. The zero-order valence-electron chi connectivity index (χ0n) is 11.8. The molecule has 0 aromatic heterocycles. The molecule has 106 valence electrons. The molecule has 1 aromatic carbocycles. The molecule has 0 aliphatic carbocycles. The third kappa shape index (κ3) is 2.63. The van der Waals surface area contributed by atoms with Crippen LogP contribution in [0.3, 0.4) is 0 Å². The number of hydrogen-bond acceptors (Lipinski definition) is 2. The van der Waals surface area contributed by atoms with Crippen LogP contribution in [0.15, 0.2) is 36.9 Å². The lowest BCUT2D eigenvalue weighted by molar-refractivity contribution is -0.111. The van der Waals surface area contributed by atoms with Crippen LogP contribution in [-0.2, 0) is 4.79 Å². The number of anilines is 1. The summed E-state index contributed by atoms with van der Waals surface area (Å²) in [6.07, 6.45) is 7.98. The first-order valence-electron chi connectivity index (χ1n) is 7.57. The summed E-state index contributed by atoms with van der Waals surface area (Å²) in [6, 6.07) is 9.67. The highest BCUT2D eigenvalue weighted by Crippen LogP contribution is 2.40. The maximum atomic E-state index is 11.3. The monoisotopic (exact) mass is 270 g/mol. The largest absolute Gasteiger partial charge is 0.323 e. The van der Waals surface area contributed by atoms with Gasteiger partial charge < -0.3 is 5.32 Å². The zero-order chi connectivity index (χ0) is 13.9. The fourth-order valence-electron chi connectivity index (χ4n) is 3.60. The number of piperidine rings is 1. The number of carbonyl (C=O) groups excluding carboxylic acids is 1. The van der Waals surface area contributed by atoms with Gasteiger partial charge in [-0.3, -0.25) is 9.69 Å². The van der Waals surface area contributed by atoms with Crippen LogP contribution in [0, 0.1) is 0 Å². The summed E-state index contributed by atoms with van der Waals surface area (Å²) in [7, 11) is 0. The van der Waals surface area contributed by atoms with Crippen LogP contribution in [0.2, 0.25) is 0 Å². The van der Waals surface area contributed by atoms with Gasteiger partial charge in [-0.2, -0.15) is 0 Å². The van der Waals surface area contributed by atoms with Crippen molar-refractivity contribution in [2.45, 2.75) is 44.2 Å². The van der Waals surface area contributed by atoms with Crippen LogP contribution in [0.25, 0.3) is 0 Å². The normalized spacial score (nSPS) is 26.0. The molecule has 2 aliphatic heterocycles. The zero-order valence-corrected chi connectivity index (χ0v) is 11.8. The van der Waals surface area contributed by atoms with Gasteiger partial charge in [0.2, 0.25) is 5.91 Å². The number of benzene rings is 1. The van der Waals surface area contributed by atoms with Gasteiger partial charge in [-0.05, 0) is 56.0 Å². The van der Waals surface area contributed by atoms with Crippen molar-refractivity contribution in [2.75, 3.05) is 11.9 Å². The van der Waals surface area contributed by atoms with Gasteiger partial charge in [-0.1, -0.05) is 25.1 Å². The molecule has 1 aromatic rings. The number of carbonyl (C=O) groups is 1. The van der Waals surface area contributed by atoms with Crippen molar-refractivity contribution >= 4 is 11.6 Å². The van der Waals surface area contributed by atoms with Gasteiger partial charge >= 0.3 is 0 Å². The summed E-state index contributed by atoms with van der Waals surface area (Å²) in [5.74, 6) is -0.158. The van der Waals surface area contributed by atoms with Gasteiger partial charge in [0, 0.05) is 17.8 Å². The van der Waals surface area contributed by atoms with E-state index >= 15 is 0 Å².